The lowest BCUT2D eigenvalue weighted by Crippen LogP contribution is -2.52. The first kappa shape index (κ1) is 18.9. The predicted octanol–water partition coefficient (Wildman–Crippen LogP) is 1.18. The standard InChI is InChI=1S/C20H29N3O3/c1-20(9-4-10-21-18(20)25)19(26)22-13-15-5-2-3-6-16(15)14-23-11-7-17(24)8-12-23/h2-3,5-6,17,24H,4,7-14H2,1H3,(H,21,25)(H,22,26). The third-order valence-corrected chi connectivity index (χ3v) is 5.65. The van der Waals surface area contributed by atoms with E-state index in [1.54, 1.807) is 6.92 Å². The molecule has 6 nitrogen and oxygen atoms in total. The van der Waals surface area contributed by atoms with Crippen molar-refractivity contribution < 1.29 is 14.7 Å². The molecule has 6 heteroatoms. The summed E-state index contributed by atoms with van der Waals surface area (Å²) in [7, 11) is 0. The highest BCUT2D eigenvalue weighted by Gasteiger charge is 2.42. The number of hydrogen-bond acceptors (Lipinski definition) is 4. The molecule has 2 fully saturated rings. The average molecular weight is 359 g/mol. The predicted molar refractivity (Wildman–Crippen MR) is 99.2 cm³/mol. The van der Waals surface area contributed by atoms with Crippen molar-refractivity contribution in [3.05, 3.63) is 35.4 Å². The second-order valence-corrected chi connectivity index (χ2v) is 7.65. The van der Waals surface area contributed by atoms with Crippen molar-refractivity contribution in [2.24, 2.45) is 5.41 Å². The number of piperidine rings is 2. The number of likely N-dealkylation sites (tertiary alicyclic amines) is 1. The van der Waals surface area contributed by atoms with Crippen LogP contribution in [0.15, 0.2) is 24.3 Å². The second-order valence-electron chi connectivity index (χ2n) is 7.65. The molecule has 1 aromatic rings. The van der Waals surface area contributed by atoms with Gasteiger partial charge in [-0.25, -0.2) is 0 Å². The van der Waals surface area contributed by atoms with Crippen LogP contribution in [0, 0.1) is 5.41 Å². The summed E-state index contributed by atoms with van der Waals surface area (Å²) in [4.78, 5) is 27.1. The maximum Gasteiger partial charge on any atom is 0.235 e. The van der Waals surface area contributed by atoms with Gasteiger partial charge in [0.15, 0.2) is 0 Å². The number of hydrogen-bond donors (Lipinski definition) is 3. The molecule has 1 aromatic carbocycles. The molecule has 2 aliphatic rings. The minimum Gasteiger partial charge on any atom is -0.393 e. The molecule has 2 heterocycles. The first-order chi connectivity index (χ1) is 12.5. The summed E-state index contributed by atoms with van der Waals surface area (Å²) < 4.78 is 0. The van der Waals surface area contributed by atoms with E-state index in [9.17, 15) is 14.7 Å². The highest BCUT2D eigenvalue weighted by molar-refractivity contribution is 6.05. The molecule has 1 atom stereocenters. The highest BCUT2D eigenvalue weighted by atomic mass is 16.3. The lowest BCUT2D eigenvalue weighted by Gasteiger charge is -2.31. The summed E-state index contributed by atoms with van der Waals surface area (Å²) in [6.07, 6.45) is 2.86. The van der Waals surface area contributed by atoms with Crippen molar-refractivity contribution >= 4 is 11.8 Å². The number of aliphatic hydroxyl groups is 1. The van der Waals surface area contributed by atoms with Crippen LogP contribution in [0.3, 0.4) is 0 Å². The Labute approximate surface area is 155 Å². The molecular formula is C20H29N3O3. The molecule has 2 saturated heterocycles. The van der Waals surface area contributed by atoms with Gasteiger partial charge in [-0.2, -0.15) is 0 Å². The lowest BCUT2D eigenvalue weighted by molar-refractivity contribution is -0.144. The third kappa shape index (κ3) is 4.24. The topological polar surface area (TPSA) is 81.7 Å². The van der Waals surface area contributed by atoms with Crippen molar-refractivity contribution in [3.8, 4) is 0 Å². The monoisotopic (exact) mass is 359 g/mol. The van der Waals surface area contributed by atoms with E-state index in [0.717, 1.165) is 44.5 Å². The summed E-state index contributed by atoms with van der Waals surface area (Å²) in [6.45, 7) is 5.39. The summed E-state index contributed by atoms with van der Waals surface area (Å²) in [5.74, 6) is -0.382. The zero-order chi connectivity index (χ0) is 18.6. The number of rotatable bonds is 5. The minimum atomic E-state index is -0.976. The van der Waals surface area contributed by atoms with Crippen LogP contribution in [0.1, 0.15) is 43.7 Å². The van der Waals surface area contributed by atoms with E-state index in [2.05, 4.69) is 21.6 Å². The van der Waals surface area contributed by atoms with Gasteiger partial charge in [-0.3, -0.25) is 14.5 Å². The maximum absolute atomic E-state index is 12.6. The van der Waals surface area contributed by atoms with Crippen molar-refractivity contribution in [1.82, 2.24) is 15.5 Å². The van der Waals surface area contributed by atoms with E-state index < -0.39 is 5.41 Å². The fraction of sp³-hybridized carbons (Fsp3) is 0.600. The van der Waals surface area contributed by atoms with E-state index in [1.165, 1.54) is 5.56 Å². The number of carbonyl (C=O) groups excluding carboxylic acids is 2. The first-order valence-corrected chi connectivity index (χ1v) is 9.53. The Bertz CT molecular complexity index is 655. The molecule has 3 N–H and O–H groups in total. The van der Waals surface area contributed by atoms with E-state index in [-0.39, 0.29) is 17.9 Å². The van der Waals surface area contributed by atoms with Crippen molar-refractivity contribution in [2.45, 2.75) is 51.8 Å². The number of nitrogens with one attached hydrogen (secondary N) is 2. The number of amides is 2. The smallest absolute Gasteiger partial charge is 0.235 e. The van der Waals surface area contributed by atoms with Gasteiger partial charge in [-0.1, -0.05) is 24.3 Å². The van der Waals surface area contributed by atoms with E-state index in [4.69, 9.17) is 0 Å². The van der Waals surface area contributed by atoms with Crippen molar-refractivity contribution in [2.75, 3.05) is 19.6 Å². The zero-order valence-corrected chi connectivity index (χ0v) is 15.5. The van der Waals surface area contributed by atoms with Gasteiger partial charge in [0.1, 0.15) is 5.41 Å². The number of aliphatic hydroxyl groups excluding tert-OH is 1. The van der Waals surface area contributed by atoms with Gasteiger partial charge in [0.05, 0.1) is 6.10 Å². The molecular weight excluding hydrogens is 330 g/mol. The summed E-state index contributed by atoms with van der Waals surface area (Å²) in [5, 5.41) is 15.4. The Morgan fingerprint density at radius 3 is 2.69 bits per heavy atom. The van der Waals surface area contributed by atoms with Crippen LogP contribution in [-0.2, 0) is 22.7 Å². The first-order valence-electron chi connectivity index (χ1n) is 9.53. The number of benzene rings is 1. The highest BCUT2D eigenvalue weighted by Crippen LogP contribution is 2.27. The van der Waals surface area contributed by atoms with Crippen molar-refractivity contribution in [1.29, 1.82) is 0 Å². The number of carbonyl (C=O) groups is 2. The van der Waals surface area contributed by atoms with Crippen LogP contribution in [-0.4, -0.2) is 47.6 Å². The molecule has 3 rings (SSSR count). The fourth-order valence-corrected chi connectivity index (χ4v) is 3.74. The van der Waals surface area contributed by atoms with E-state index in [0.29, 0.717) is 19.5 Å². The van der Waals surface area contributed by atoms with Crippen LogP contribution in [0.4, 0.5) is 0 Å². The average Bonchev–Trinajstić information content (AvgIpc) is 2.65. The van der Waals surface area contributed by atoms with E-state index in [1.807, 2.05) is 18.2 Å². The Morgan fingerprint density at radius 2 is 2.00 bits per heavy atom. The molecule has 142 valence electrons. The van der Waals surface area contributed by atoms with Gasteiger partial charge in [0, 0.05) is 32.7 Å². The van der Waals surface area contributed by atoms with Gasteiger partial charge >= 0.3 is 0 Å². The van der Waals surface area contributed by atoms with Gasteiger partial charge in [0.2, 0.25) is 11.8 Å². The molecule has 0 aliphatic carbocycles. The molecule has 0 bridgehead atoms. The van der Waals surface area contributed by atoms with Gasteiger partial charge < -0.3 is 15.7 Å². The normalized spacial score (nSPS) is 24.9. The molecule has 2 amide bonds. The van der Waals surface area contributed by atoms with Crippen LogP contribution < -0.4 is 10.6 Å². The van der Waals surface area contributed by atoms with Gasteiger partial charge in [-0.05, 0) is 43.7 Å². The largest absolute Gasteiger partial charge is 0.393 e. The Balaban J connectivity index is 1.61. The third-order valence-electron chi connectivity index (χ3n) is 5.65. The van der Waals surface area contributed by atoms with Crippen LogP contribution in [0.25, 0.3) is 0 Å². The molecule has 0 spiro atoms. The Morgan fingerprint density at radius 1 is 1.31 bits per heavy atom. The molecule has 0 radical (unpaired) electrons. The van der Waals surface area contributed by atoms with Gasteiger partial charge in [-0.15, -0.1) is 0 Å². The van der Waals surface area contributed by atoms with Crippen molar-refractivity contribution in [3.63, 3.8) is 0 Å². The van der Waals surface area contributed by atoms with Crippen LogP contribution in [0.5, 0.6) is 0 Å². The van der Waals surface area contributed by atoms with Gasteiger partial charge in [0.25, 0.3) is 0 Å². The minimum absolute atomic E-state index is 0.178. The number of nitrogens with zero attached hydrogens (tertiary/aromatic N) is 1. The molecule has 0 saturated carbocycles. The fourth-order valence-electron chi connectivity index (χ4n) is 3.74. The maximum atomic E-state index is 12.6. The summed E-state index contributed by atoms with van der Waals surface area (Å²) >= 11 is 0. The molecule has 0 aromatic heterocycles. The molecule has 2 aliphatic heterocycles. The zero-order valence-electron chi connectivity index (χ0n) is 15.5. The molecule has 1 unspecified atom stereocenters. The Hall–Kier alpha value is -1.92. The summed E-state index contributed by atoms with van der Waals surface area (Å²) in [5.41, 5.74) is 1.28. The summed E-state index contributed by atoms with van der Waals surface area (Å²) in [6, 6.07) is 8.09. The quantitative estimate of drug-likeness (QED) is 0.690. The SMILES string of the molecule is CC1(C(=O)NCc2ccccc2CN2CCC(O)CC2)CCCNC1=O. The Kier molecular flexibility index (Phi) is 5.94. The van der Waals surface area contributed by atoms with E-state index >= 15 is 0 Å². The van der Waals surface area contributed by atoms with Crippen LogP contribution >= 0.6 is 0 Å². The lowest BCUT2D eigenvalue weighted by atomic mass is 9.81. The van der Waals surface area contributed by atoms with Crippen LogP contribution in [0.2, 0.25) is 0 Å². The second kappa shape index (κ2) is 8.18. The molecule has 26 heavy (non-hydrogen) atoms.